The number of rotatable bonds is 4. The second-order valence-corrected chi connectivity index (χ2v) is 4.16. The van der Waals surface area contributed by atoms with E-state index in [9.17, 15) is 4.79 Å². The van der Waals surface area contributed by atoms with E-state index in [1.165, 1.54) is 0 Å². The Bertz CT molecular complexity index is 294. The Morgan fingerprint density at radius 1 is 1.41 bits per heavy atom. The van der Waals surface area contributed by atoms with Crippen LogP contribution in [0.4, 0.5) is 0 Å². The number of hydrogen-bond acceptors (Lipinski definition) is 4. The fourth-order valence-corrected chi connectivity index (χ4v) is 2.21. The van der Waals surface area contributed by atoms with Crippen LogP contribution >= 0.6 is 0 Å². The van der Waals surface area contributed by atoms with E-state index in [1.54, 1.807) is 4.90 Å². The number of hydrogen-bond donors (Lipinski definition) is 2. The molecule has 0 bridgehead atoms. The Hall–Kier alpha value is -1.30. The van der Waals surface area contributed by atoms with E-state index in [1.807, 2.05) is 13.8 Å². The van der Waals surface area contributed by atoms with Crippen molar-refractivity contribution < 1.29 is 14.7 Å². The van der Waals surface area contributed by atoms with E-state index >= 15 is 0 Å². The van der Waals surface area contributed by atoms with Crippen molar-refractivity contribution in [2.75, 3.05) is 26.3 Å². The number of nitrogens with zero attached hydrogens (tertiary/aromatic N) is 2. The third kappa shape index (κ3) is 2.52. The SMILES string of the molecule is CCN(CC)C(=O)C1(C(N)=NO)CCOCC1. The third-order valence-electron chi connectivity index (χ3n) is 3.40. The first-order valence-corrected chi connectivity index (χ1v) is 5.97. The second-order valence-electron chi connectivity index (χ2n) is 4.16. The van der Waals surface area contributed by atoms with Gasteiger partial charge in [0.1, 0.15) is 5.41 Å². The van der Waals surface area contributed by atoms with Crippen LogP contribution in [0, 0.1) is 5.41 Å². The van der Waals surface area contributed by atoms with Gasteiger partial charge in [0, 0.05) is 26.3 Å². The van der Waals surface area contributed by atoms with Gasteiger partial charge in [-0.15, -0.1) is 0 Å². The normalized spacial score (nSPS) is 20.0. The smallest absolute Gasteiger partial charge is 0.236 e. The highest BCUT2D eigenvalue weighted by Crippen LogP contribution is 2.33. The summed E-state index contributed by atoms with van der Waals surface area (Å²) < 4.78 is 5.25. The van der Waals surface area contributed by atoms with Gasteiger partial charge in [0.15, 0.2) is 5.84 Å². The molecule has 1 rings (SSSR count). The minimum absolute atomic E-state index is 0.00213. The molecule has 1 aliphatic rings. The Morgan fingerprint density at radius 2 is 1.94 bits per heavy atom. The van der Waals surface area contributed by atoms with Crippen molar-refractivity contribution in [2.45, 2.75) is 26.7 Å². The molecule has 1 fully saturated rings. The monoisotopic (exact) mass is 243 g/mol. The van der Waals surface area contributed by atoms with Crippen LogP contribution in [0.15, 0.2) is 5.16 Å². The molecule has 98 valence electrons. The molecule has 17 heavy (non-hydrogen) atoms. The van der Waals surface area contributed by atoms with Crippen LogP contribution in [0.25, 0.3) is 0 Å². The van der Waals surface area contributed by atoms with E-state index in [4.69, 9.17) is 15.7 Å². The van der Waals surface area contributed by atoms with Crippen LogP contribution in [-0.4, -0.2) is 48.2 Å². The Morgan fingerprint density at radius 3 is 2.35 bits per heavy atom. The molecule has 0 saturated carbocycles. The number of amides is 1. The summed E-state index contributed by atoms with van der Waals surface area (Å²) in [6.45, 7) is 6.00. The van der Waals surface area contributed by atoms with Crippen molar-refractivity contribution in [3.8, 4) is 0 Å². The average molecular weight is 243 g/mol. The molecule has 0 aliphatic carbocycles. The quantitative estimate of drug-likeness (QED) is 0.324. The summed E-state index contributed by atoms with van der Waals surface area (Å²) in [6, 6.07) is 0. The minimum atomic E-state index is -0.890. The molecule has 0 aromatic carbocycles. The van der Waals surface area contributed by atoms with Crippen LogP contribution in [0.1, 0.15) is 26.7 Å². The largest absolute Gasteiger partial charge is 0.409 e. The van der Waals surface area contributed by atoms with E-state index in [-0.39, 0.29) is 11.7 Å². The van der Waals surface area contributed by atoms with Crippen LogP contribution < -0.4 is 5.73 Å². The highest BCUT2D eigenvalue weighted by atomic mass is 16.5. The first kappa shape index (κ1) is 13.8. The molecule has 1 heterocycles. The van der Waals surface area contributed by atoms with Crippen LogP contribution in [0.3, 0.4) is 0 Å². The van der Waals surface area contributed by atoms with Crippen molar-refractivity contribution in [1.82, 2.24) is 4.90 Å². The first-order valence-electron chi connectivity index (χ1n) is 5.97. The summed E-state index contributed by atoms with van der Waals surface area (Å²) in [7, 11) is 0. The van der Waals surface area contributed by atoms with Crippen molar-refractivity contribution in [3.63, 3.8) is 0 Å². The minimum Gasteiger partial charge on any atom is -0.409 e. The molecule has 0 aromatic heterocycles. The predicted molar refractivity (Wildman–Crippen MR) is 63.8 cm³/mol. The van der Waals surface area contributed by atoms with Crippen LogP contribution in [0.2, 0.25) is 0 Å². The third-order valence-corrected chi connectivity index (χ3v) is 3.40. The number of carbonyl (C=O) groups excluding carboxylic acids is 1. The highest BCUT2D eigenvalue weighted by Gasteiger charge is 2.46. The van der Waals surface area contributed by atoms with Gasteiger partial charge in [-0.1, -0.05) is 5.16 Å². The fraction of sp³-hybridized carbons (Fsp3) is 0.818. The molecule has 0 spiro atoms. The van der Waals surface area contributed by atoms with E-state index in [2.05, 4.69) is 5.16 Å². The Balaban J connectivity index is 3.01. The predicted octanol–water partition coefficient (Wildman–Crippen LogP) is 0.398. The molecule has 0 unspecified atom stereocenters. The zero-order chi connectivity index (χ0) is 12.9. The van der Waals surface area contributed by atoms with Crippen molar-refractivity contribution >= 4 is 11.7 Å². The van der Waals surface area contributed by atoms with Gasteiger partial charge in [0.2, 0.25) is 5.91 Å². The van der Waals surface area contributed by atoms with E-state index < -0.39 is 5.41 Å². The number of amidine groups is 1. The summed E-state index contributed by atoms with van der Waals surface area (Å²) in [5.41, 5.74) is 4.84. The molecule has 6 heteroatoms. The lowest BCUT2D eigenvalue weighted by molar-refractivity contribution is -0.142. The van der Waals surface area contributed by atoms with Crippen LogP contribution in [0.5, 0.6) is 0 Å². The molecule has 6 nitrogen and oxygen atoms in total. The Labute approximate surface area is 101 Å². The molecule has 0 aromatic rings. The lowest BCUT2D eigenvalue weighted by Gasteiger charge is -2.38. The van der Waals surface area contributed by atoms with Gasteiger partial charge in [0.25, 0.3) is 0 Å². The molecule has 0 atom stereocenters. The molecule has 0 radical (unpaired) electrons. The molecular formula is C11H21N3O3. The first-order chi connectivity index (χ1) is 8.12. The molecule has 1 aliphatic heterocycles. The average Bonchev–Trinajstić information content (AvgIpc) is 2.39. The van der Waals surface area contributed by atoms with Gasteiger partial charge in [0.05, 0.1) is 0 Å². The standard InChI is InChI=1S/C11H21N3O3/c1-3-14(4-2)10(15)11(9(12)13-16)5-7-17-8-6-11/h16H,3-8H2,1-2H3,(H2,12,13). The molecule has 1 amide bonds. The summed E-state index contributed by atoms with van der Waals surface area (Å²) in [5, 5.41) is 11.9. The number of ether oxygens (including phenoxy) is 1. The topological polar surface area (TPSA) is 88.2 Å². The zero-order valence-electron chi connectivity index (χ0n) is 10.5. The Kier molecular flexibility index (Phi) is 4.74. The summed E-state index contributed by atoms with van der Waals surface area (Å²) >= 11 is 0. The highest BCUT2D eigenvalue weighted by molar-refractivity contribution is 6.06. The number of nitrogens with two attached hydrogens (primary N) is 1. The lowest BCUT2D eigenvalue weighted by atomic mass is 9.77. The molecule has 3 N–H and O–H groups in total. The maximum absolute atomic E-state index is 12.5. The van der Waals surface area contributed by atoms with Crippen molar-refractivity contribution in [3.05, 3.63) is 0 Å². The molecular weight excluding hydrogens is 222 g/mol. The number of carbonyl (C=O) groups is 1. The zero-order valence-corrected chi connectivity index (χ0v) is 10.5. The second kappa shape index (κ2) is 5.86. The molecule has 1 saturated heterocycles. The van der Waals surface area contributed by atoms with Gasteiger partial charge in [-0.3, -0.25) is 4.79 Å². The van der Waals surface area contributed by atoms with Gasteiger partial charge in [-0.2, -0.15) is 0 Å². The van der Waals surface area contributed by atoms with E-state index in [0.29, 0.717) is 39.1 Å². The van der Waals surface area contributed by atoms with Gasteiger partial charge >= 0.3 is 0 Å². The van der Waals surface area contributed by atoms with Gasteiger partial charge in [-0.05, 0) is 26.7 Å². The fourth-order valence-electron chi connectivity index (χ4n) is 2.21. The maximum atomic E-state index is 12.5. The summed E-state index contributed by atoms with van der Waals surface area (Å²) in [4.78, 5) is 14.2. The van der Waals surface area contributed by atoms with Crippen molar-refractivity contribution in [1.29, 1.82) is 0 Å². The lowest BCUT2D eigenvalue weighted by Crippen LogP contribution is -2.54. The van der Waals surface area contributed by atoms with E-state index in [0.717, 1.165) is 0 Å². The maximum Gasteiger partial charge on any atom is 0.236 e. The van der Waals surface area contributed by atoms with Crippen LogP contribution in [-0.2, 0) is 9.53 Å². The summed E-state index contributed by atoms with van der Waals surface area (Å²) in [6.07, 6.45) is 0.941. The van der Waals surface area contributed by atoms with Gasteiger partial charge < -0.3 is 20.6 Å². The van der Waals surface area contributed by atoms with Crippen molar-refractivity contribution in [2.24, 2.45) is 16.3 Å². The van der Waals surface area contributed by atoms with Gasteiger partial charge in [-0.25, -0.2) is 0 Å². The summed E-state index contributed by atoms with van der Waals surface area (Å²) in [5.74, 6) is -0.0706. The number of oxime groups is 1.